The third-order valence-electron chi connectivity index (χ3n) is 5.43. The van der Waals surface area contributed by atoms with Gasteiger partial charge in [0.25, 0.3) is 0 Å². The molecule has 204 valence electrons. The molecule has 0 fully saturated rings. The van der Waals surface area contributed by atoms with Crippen LogP contribution in [0, 0.1) is 5.92 Å². The van der Waals surface area contributed by atoms with Gasteiger partial charge < -0.3 is 24.3 Å². The van der Waals surface area contributed by atoms with Crippen LogP contribution in [-0.2, 0) is 20.7 Å². The van der Waals surface area contributed by atoms with Gasteiger partial charge in [-0.3, -0.25) is 9.69 Å². The number of hydrogen-bond donors (Lipinski definition) is 1. The molecular weight excluding hydrogens is 493 g/mol. The van der Waals surface area contributed by atoms with Gasteiger partial charge in [0.1, 0.15) is 23.3 Å². The van der Waals surface area contributed by atoms with Crippen LogP contribution < -0.4 is 19.5 Å². The highest BCUT2D eigenvalue weighted by Gasteiger charge is 2.44. The Morgan fingerprint density at radius 2 is 1.38 bits per heavy atom. The summed E-state index contributed by atoms with van der Waals surface area (Å²) in [6.45, 7) is 3.78. The lowest BCUT2D eigenvalue weighted by molar-refractivity contribution is -0.254. The molecule has 0 saturated carbocycles. The second kappa shape index (κ2) is 13.2. The summed E-state index contributed by atoms with van der Waals surface area (Å²) in [6, 6.07) is 9.84. The fourth-order valence-electron chi connectivity index (χ4n) is 3.73. The zero-order chi connectivity index (χ0) is 27.8. The summed E-state index contributed by atoms with van der Waals surface area (Å²) in [5, 5.41) is 2.72. The summed E-state index contributed by atoms with van der Waals surface area (Å²) >= 11 is 0. The fraction of sp³-hybridized carbons (Fsp3) is 0.462. The molecule has 0 aromatic heterocycles. The number of carbonyl (C=O) groups is 2. The van der Waals surface area contributed by atoms with E-state index in [0.717, 1.165) is 0 Å². The summed E-state index contributed by atoms with van der Waals surface area (Å²) in [6.07, 6.45) is -7.28. The number of likely N-dealkylation sites (N-methyl/N-ethyl adjacent to an activating group) is 1. The van der Waals surface area contributed by atoms with E-state index in [9.17, 15) is 22.8 Å². The summed E-state index contributed by atoms with van der Waals surface area (Å²) in [5.74, 6) is -0.652. The second-order valence-corrected chi connectivity index (χ2v) is 8.87. The van der Waals surface area contributed by atoms with Gasteiger partial charge >= 0.3 is 18.4 Å². The molecule has 0 radical (unpaired) electrons. The van der Waals surface area contributed by atoms with Gasteiger partial charge in [0.05, 0.1) is 20.3 Å². The Balaban J connectivity index is 2.13. The van der Waals surface area contributed by atoms with Crippen molar-refractivity contribution in [1.29, 1.82) is 0 Å². The molecule has 3 atom stereocenters. The Hall–Kier alpha value is -3.47. The van der Waals surface area contributed by atoms with Gasteiger partial charge in [-0.15, -0.1) is 0 Å². The van der Waals surface area contributed by atoms with Crippen molar-refractivity contribution >= 4 is 11.9 Å². The Morgan fingerprint density at radius 3 is 1.78 bits per heavy atom. The van der Waals surface area contributed by atoms with E-state index >= 15 is 0 Å². The van der Waals surface area contributed by atoms with Gasteiger partial charge in [-0.05, 0) is 62.0 Å². The first-order chi connectivity index (χ1) is 17.3. The smallest absolute Gasteiger partial charge is 0.464 e. The molecule has 37 heavy (non-hydrogen) atoms. The van der Waals surface area contributed by atoms with E-state index in [2.05, 4.69) is 5.32 Å². The molecule has 0 saturated heterocycles. The number of rotatable bonds is 12. The lowest BCUT2D eigenvalue weighted by Gasteiger charge is -2.28. The molecule has 1 amide bonds. The number of esters is 1. The average Bonchev–Trinajstić information content (AvgIpc) is 2.83. The molecule has 8 nitrogen and oxygen atoms in total. The number of benzene rings is 2. The normalized spacial score (nSPS) is 14.0. The predicted molar refractivity (Wildman–Crippen MR) is 130 cm³/mol. The van der Waals surface area contributed by atoms with Gasteiger partial charge in [0, 0.05) is 6.42 Å². The van der Waals surface area contributed by atoms with E-state index in [1.54, 1.807) is 19.0 Å². The van der Waals surface area contributed by atoms with Crippen molar-refractivity contribution in [2.45, 2.75) is 44.8 Å². The Labute approximate surface area is 214 Å². The minimum absolute atomic E-state index is 0.00792. The summed E-state index contributed by atoms with van der Waals surface area (Å²) in [4.78, 5) is 26.9. The second-order valence-electron chi connectivity index (χ2n) is 8.87. The molecule has 0 aliphatic carbocycles. The number of alkyl halides is 3. The van der Waals surface area contributed by atoms with Crippen molar-refractivity contribution < 1.29 is 41.7 Å². The molecule has 0 bridgehead atoms. The number of ether oxygens (including phenoxy) is 4. The van der Waals surface area contributed by atoms with Crippen LogP contribution in [-0.4, -0.2) is 69.6 Å². The molecule has 3 unspecified atom stereocenters. The third-order valence-corrected chi connectivity index (χ3v) is 5.43. The lowest BCUT2D eigenvalue weighted by Crippen LogP contribution is -2.52. The standard InChI is InChI=1S/C26H33F3N2O6/c1-16(2)22(31(3)4)23(32)30-21(24(33)35-6)15-17-7-9-19(10-8-17)36-25(26(27,28)29)37-20-13-11-18(34-5)12-14-20/h7-14,16,21-22,25H,15H2,1-6H3,(H,30,32). The molecule has 0 aliphatic heterocycles. The maximum absolute atomic E-state index is 13.5. The minimum atomic E-state index is -4.81. The molecule has 2 rings (SSSR count). The zero-order valence-electron chi connectivity index (χ0n) is 21.7. The number of nitrogens with one attached hydrogen (secondary N) is 1. The summed E-state index contributed by atoms with van der Waals surface area (Å²) in [7, 11) is 6.18. The molecule has 2 aromatic carbocycles. The van der Waals surface area contributed by atoms with Crippen molar-refractivity contribution in [1.82, 2.24) is 10.2 Å². The number of amides is 1. The van der Waals surface area contributed by atoms with Crippen LogP contribution in [0.4, 0.5) is 13.2 Å². The van der Waals surface area contributed by atoms with Crippen molar-refractivity contribution in [3.8, 4) is 17.2 Å². The molecule has 2 aromatic rings. The van der Waals surface area contributed by atoms with Gasteiger partial charge in [0.15, 0.2) is 0 Å². The number of methoxy groups -OCH3 is 2. The van der Waals surface area contributed by atoms with Crippen LogP contribution in [0.25, 0.3) is 0 Å². The third kappa shape index (κ3) is 8.85. The molecule has 0 heterocycles. The van der Waals surface area contributed by atoms with Crippen LogP contribution in [0.2, 0.25) is 0 Å². The van der Waals surface area contributed by atoms with E-state index in [0.29, 0.717) is 11.3 Å². The van der Waals surface area contributed by atoms with Crippen molar-refractivity contribution in [3.63, 3.8) is 0 Å². The first-order valence-corrected chi connectivity index (χ1v) is 11.5. The monoisotopic (exact) mass is 526 g/mol. The quantitative estimate of drug-likeness (QED) is 0.332. The van der Waals surface area contributed by atoms with Gasteiger partial charge in [0.2, 0.25) is 5.91 Å². The molecule has 0 spiro atoms. The van der Waals surface area contributed by atoms with E-state index < -0.39 is 30.5 Å². The topological polar surface area (TPSA) is 86.3 Å². The maximum Gasteiger partial charge on any atom is 0.464 e. The highest BCUT2D eigenvalue weighted by Crippen LogP contribution is 2.29. The number of nitrogens with zero attached hydrogens (tertiary/aromatic N) is 1. The van der Waals surface area contributed by atoms with E-state index in [1.165, 1.54) is 62.8 Å². The number of carbonyl (C=O) groups excluding carboxylic acids is 2. The van der Waals surface area contributed by atoms with Crippen LogP contribution in [0.1, 0.15) is 19.4 Å². The first kappa shape index (κ1) is 29.8. The largest absolute Gasteiger partial charge is 0.497 e. The number of hydrogen-bond acceptors (Lipinski definition) is 7. The SMILES string of the molecule is COC(=O)C(Cc1ccc(OC(Oc2ccc(OC)cc2)C(F)(F)F)cc1)NC(=O)C(C(C)C)N(C)C. The molecule has 1 N–H and O–H groups in total. The summed E-state index contributed by atoms with van der Waals surface area (Å²) < 4.78 is 60.5. The first-order valence-electron chi connectivity index (χ1n) is 11.5. The highest BCUT2D eigenvalue weighted by atomic mass is 19.4. The van der Waals surface area contributed by atoms with Gasteiger partial charge in [-0.2, -0.15) is 13.2 Å². The lowest BCUT2D eigenvalue weighted by atomic mass is 10.0. The van der Waals surface area contributed by atoms with Gasteiger partial charge in [-0.1, -0.05) is 26.0 Å². The molecule has 11 heteroatoms. The zero-order valence-corrected chi connectivity index (χ0v) is 21.7. The number of halogens is 3. The minimum Gasteiger partial charge on any atom is -0.497 e. The Bertz CT molecular complexity index is 1000. The predicted octanol–water partition coefficient (Wildman–Crippen LogP) is 3.83. The Kier molecular flexibility index (Phi) is 10.6. The fourth-order valence-corrected chi connectivity index (χ4v) is 3.73. The van der Waals surface area contributed by atoms with Crippen LogP contribution in [0.5, 0.6) is 17.2 Å². The molecular formula is C26H33F3N2O6. The summed E-state index contributed by atoms with van der Waals surface area (Å²) in [5.41, 5.74) is 0.577. The van der Waals surface area contributed by atoms with Crippen molar-refractivity contribution in [2.75, 3.05) is 28.3 Å². The van der Waals surface area contributed by atoms with Gasteiger partial charge in [-0.25, -0.2) is 4.79 Å². The van der Waals surface area contributed by atoms with Crippen molar-refractivity contribution in [3.05, 3.63) is 54.1 Å². The van der Waals surface area contributed by atoms with E-state index in [-0.39, 0.29) is 29.7 Å². The molecule has 0 aliphatic rings. The van der Waals surface area contributed by atoms with E-state index in [4.69, 9.17) is 18.9 Å². The van der Waals surface area contributed by atoms with Crippen molar-refractivity contribution in [2.24, 2.45) is 5.92 Å². The Morgan fingerprint density at radius 1 is 0.892 bits per heavy atom. The van der Waals surface area contributed by atoms with Crippen LogP contribution >= 0.6 is 0 Å². The van der Waals surface area contributed by atoms with E-state index in [1.807, 2.05) is 13.8 Å². The van der Waals surface area contributed by atoms with Crippen LogP contribution in [0.15, 0.2) is 48.5 Å². The maximum atomic E-state index is 13.5. The highest BCUT2D eigenvalue weighted by molar-refractivity contribution is 5.87. The van der Waals surface area contributed by atoms with Crippen LogP contribution in [0.3, 0.4) is 0 Å². The average molecular weight is 527 g/mol.